The number of hydrogen-bond acceptors (Lipinski definition) is 4. The van der Waals surface area contributed by atoms with Crippen molar-refractivity contribution >= 4 is 41.6 Å². The minimum absolute atomic E-state index is 0. The Hall–Kier alpha value is -0.680. The van der Waals surface area contributed by atoms with E-state index in [2.05, 4.69) is 0 Å². The van der Waals surface area contributed by atoms with Gasteiger partial charge in [0.25, 0.3) is 0 Å². The molecule has 0 saturated heterocycles. The van der Waals surface area contributed by atoms with E-state index in [1.807, 2.05) is 0 Å². The smallest absolute Gasteiger partial charge is 0.343 e. The number of rotatable bonds is 4. The van der Waals surface area contributed by atoms with Gasteiger partial charge in [-0.15, -0.1) is 12.4 Å². The molecule has 0 heterocycles. The van der Waals surface area contributed by atoms with E-state index in [-0.39, 0.29) is 35.3 Å². The standard InChI is InChI=1S/C11H13Cl2NO3.ClH/c1-6(5-14)17-11(15)9-7(12)3-4-8(13)10(9)16-2;/h3-4,6H,5,14H2,1-2H3;1H. The molecule has 4 nitrogen and oxygen atoms in total. The lowest BCUT2D eigenvalue weighted by molar-refractivity contribution is 0.0355. The number of carbonyl (C=O) groups is 1. The molecule has 0 aliphatic heterocycles. The SMILES string of the molecule is COc1c(Cl)ccc(Cl)c1C(=O)OC(C)CN.Cl. The quantitative estimate of drug-likeness (QED) is 0.868. The van der Waals surface area contributed by atoms with E-state index in [1.165, 1.54) is 13.2 Å². The van der Waals surface area contributed by atoms with Gasteiger partial charge in [-0.05, 0) is 19.1 Å². The Morgan fingerprint density at radius 2 is 1.94 bits per heavy atom. The summed E-state index contributed by atoms with van der Waals surface area (Å²) >= 11 is 11.8. The lowest BCUT2D eigenvalue weighted by atomic mass is 10.2. The summed E-state index contributed by atoms with van der Waals surface area (Å²) in [4.78, 5) is 11.9. The molecular formula is C11H14Cl3NO3. The maximum Gasteiger partial charge on any atom is 0.343 e. The van der Waals surface area contributed by atoms with E-state index in [1.54, 1.807) is 13.0 Å². The van der Waals surface area contributed by atoms with Gasteiger partial charge in [-0.1, -0.05) is 23.2 Å². The van der Waals surface area contributed by atoms with Crippen LogP contribution in [0.15, 0.2) is 12.1 Å². The van der Waals surface area contributed by atoms with Gasteiger partial charge in [0.05, 0.1) is 17.2 Å². The molecular weight excluding hydrogens is 300 g/mol. The highest BCUT2D eigenvalue weighted by molar-refractivity contribution is 6.37. The summed E-state index contributed by atoms with van der Waals surface area (Å²) in [6.45, 7) is 1.91. The average Bonchev–Trinajstić information content (AvgIpc) is 2.31. The minimum atomic E-state index is -0.604. The van der Waals surface area contributed by atoms with Crippen LogP contribution in [0, 0.1) is 0 Å². The second-order valence-corrected chi connectivity index (χ2v) is 4.20. The fourth-order valence-corrected chi connectivity index (χ4v) is 1.67. The minimum Gasteiger partial charge on any atom is -0.494 e. The number of esters is 1. The van der Waals surface area contributed by atoms with E-state index in [0.29, 0.717) is 5.02 Å². The molecule has 0 fully saturated rings. The Balaban J connectivity index is 0.00000289. The van der Waals surface area contributed by atoms with Crippen LogP contribution in [0.2, 0.25) is 10.0 Å². The Kier molecular flexibility index (Phi) is 7.40. The van der Waals surface area contributed by atoms with E-state index in [9.17, 15) is 4.79 Å². The zero-order valence-corrected chi connectivity index (χ0v) is 12.2. The number of carbonyl (C=O) groups excluding carboxylic acids is 1. The normalized spacial score (nSPS) is 11.4. The van der Waals surface area contributed by atoms with E-state index < -0.39 is 12.1 Å². The van der Waals surface area contributed by atoms with Crippen LogP contribution in [0.1, 0.15) is 17.3 Å². The van der Waals surface area contributed by atoms with Gasteiger partial charge in [0.15, 0.2) is 5.75 Å². The highest BCUT2D eigenvalue weighted by atomic mass is 35.5. The molecule has 1 aromatic rings. The van der Waals surface area contributed by atoms with Crippen LogP contribution < -0.4 is 10.5 Å². The molecule has 0 aromatic heterocycles. The monoisotopic (exact) mass is 313 g/mol. The number of benzene rings is 1. The Bertz CT molecular complexity index is 426. The van der Waals surface area contributed by atoms with E-state index >= 15 is 0 Å². The average molecular weight is 315 g/mol. The molecule has 0 amide bonds. The maximum atomic E-state index is 11.9. The topological polar surface area (TPSA) is 61.5 Å². The highest BCUT2D eigenvalue weighted by Crippen LogP contribution is 2.34. The first-order valence-electron chi connectivity index (χ1n) is 4.94. The number of halogens is 3. The summed E-state index contributed by atoms with van der Waals surface area (Å²) < 4.78 is 10.1. The van der Waals surface area contributed by atoms with Crippen LogP contribution >= 0.6 is 35.6 Å². The number of methoxy groups -OCH3 is 1. The van der Waals surface area contributed by atoms with Crippen LogP contribution in [0.5, 0.6) is 5.75 Å². The van der Waals surface area contributed by atoms with Gasteiger partial charge in [0, 0.05) is 6.54 Å². The molecule has 0 aliphatic rings. The lowest BCUT2D eigenvalue weighted by Crippen LogP contribution is -2.24. The van der Waals surface area contributed by atoms with E-state index in [0.717, 1.165) is 0 Å². The van der Waals surface area contributed by atoms with Gasteiger partial charge < -0.3 is 15.2 Å². The van der Waals surface area contributed by atoms with Crippen LogP contribution in [0.3, 0.4) is 0 Å². The molecule has 0 aliphatic carbocycles. The third-order valence-corrected chi connectivity index (χ3v) is 2.72. The van der Waals surface area contributed by atoms with Crippen molar-refractivity contribution in [3.05, 3.63) is 27.7 Å². The Labute approximate surface area is 122 Å². The first-order valence-corrected chi connectivity index (χ1v) is 5.69. The van der Waals surface area contributed by atoms with Crippen LogP contribution in [-0.4, -0.2) is 25.7 Å². The molecule has 0 saturated carbocycles. The molecule has 1 rings (SSSR count). The first kappa shape index (κ1) is 17.3. The van der Waals surface area contributed by atoms with Gasteiger partial charge in [0.2, 0.25) is 0 Å². The molecule has 1 unspecified atom stereocenters. The number of hydrogen-bond donors (Lipinski definition) is 1. The molecule has 0 bridgehead atoms. The van der Waals surface area contributed by atoms with E-state index in [4.69, 9.17) is 38.4 Å². The summed E-state index contributed by atoms with van der Waals surface area (Å²) in [5, 5.41) is 0.518. The third-order valence-electron chi connectivity index (χ3n) is 2.11. The Morgan fingerprint density at radius 3 is 2.44 bits per heavy atom. The summed E-state index contributed by atoms with van der Waals surface area (Å²) in [5.41, 5.74) is 5.48. The third kappa shape index (κ3) is 3.92. The zero-order chi connectivity index (χ0) is 13.0. The number of ether oxygens (including phenoxy) is 2. The summed E-state index contributed by atoms with van der Waals surface area (Å²) in [5.74, 6) is -0.402. The molecule has 18 heavy (non-hydrogen) atoms. The van der Waals surface area contributed by atoms with Crippen LogP contribution in [-0.2, 0) is 4.74 Å². The van der Waals surface area contributed by atoms with Crippen molar-refractivity contribution in [3.8, 4) is 5.75 Å². The zero-order valence-electron chi connectivity index (χ0n) is 9.91. The summed E-state index contributed by atoms with van der Waals surface area (Å²) in [6, 6.07) is 3.06. The largest absolute Gasteiger partial charge is 0.494 e. The van der Waals surface area contributed by atoms with Gasteiger partial charge in [-0.2, -0.15) is 0 Å². The summed E-state index contributed by atoms with van der Waals surface area (Å²) in [7, 11) is 1.40. The van der Waals surface area contributed by atoms with Gasteiger partial charge in [-0.25, -0.2) is 4.79 Å². The van der Waals surface area contributed by atoms with Crippen molar-refractivity contribution < 1.29 is 14.3 Å². The van der Waals surface area contributed by atoms with Crippen molar-refractivity contribution in [2.45, 2.75) is 13.0 Å². The molecule has 1 aromatic carbocycles. The van der Waals surface area contributed by atoms with Gasteiger partial charge in [-0.3, -0.25) is 0 Å². The van der Waals surface area contributed by atoms with Crippen molar-refractivity contribution in [2.24, 2.45) is 5.73 Å². The Morgan fingerprint density at radius 1 is 1.39 bits per heavy atom. The fraction of sp³-hybridized carbons (Fsp3) is 0.364. The number of nitrogens with two attached hydrogens (primary N) is 1. The molecule has 102 valence electrons. The van der Waals surface area contributed by atoms with Gasteiger partial charge in [0.1, 0.15) is 11.7 Å². The van der Waals surface area contributed by atoms with Crippen molar-refractivity contribution in [2.75, 3.05) is 13.7 Å². The predicted octanol–water partition coefficient (Wildman–Crippen LogP) is 2.93. The summed E-state index contributed by atoms with van der Waals surface area (Å²) in [6.07, 6.45) is -0.401. The van der Waals surface area contributed by atoms with Gasteiger partial charge >= 0.3 is 5.97 Å². The maximum absolute atomic E-state index is 11.9. The molecule has 7 heteroatoms. The van der Waals surface area contributed by atoms with Crippen LogP contribution in [0.25, 0.3) is 0 Å². The highest BCUT2D eigenvalue weighted by Gasteiger charge is 2.22. The van der Waals surface area contributed by atoms with Crippen LogP contribution in [0.4, 0.5) is 0 Å². The van der Waals surface area contributed by atoms with Crippen molar-refractivity contribution in [3.63, 3.8) is 0 Å². The second kappa shape index (κ2) is 7.69. The van der Waals surface area contributed by atoms with Crippen molar-refractivity contribution in [1.29, 1.82) is 0 Å². The molecule has 0 radical (unpaired) electrons. The first-order chi connectivity index (χ1) is 8.01. The molecule has 2 N–H and O–H groups in total. The molecule has 0 spiro atoms. The fourth-order valence-electron chi connectivity index (χ4n) is 1.21. The lowest BCUT2D eigenvalue weighted by Gasteiger charge is -2.14. The van der Waals surface area contributed by atoms with Crippen molar-refractivity contribution in [1.82, 2.24) is 0 Å². The second-order valence-electron chi connectivity index (χ2n) is 3.39. The molecule has 1 atom stereocenters. The predicted molar refractivity (Wildman–Crippen MR) is 74.2 cm³/mol.